The van der Waals surface area contributed by atoms with Crippen molar-refractivity contribution in [2.24, 2.45) is 0 Å². The Kier molecular flexibility index (Phi) is 3.23. The third-order valence-electron chi connectivity index (χ3n) is 4.60. The number of carbonyl (C=O) groups is 2. The third-order valence-corrected chi connectivity index (χ3v) is 4.60. The number of hydrogen-bond donors (Lipinski definition) is 2. The van der Waals surface area contributed by atoms with E-state index < -0.39 is 17.4 Å². The van der Waals surface area contributed by atoms with Crippen LogP contribution in [0.2, 0.25) is 0 Å². The molecule has 2 aromatic heterocycles. The predicted molar refractivity (Wildman–Crippen MR) is 101 cm³/mol. The van der Waals surface area contributed by atoms with E-state index in [0.717, 1.165) is 11.6 Å². The Morgan fingerprint density at radius 3 is 2.54 bits per heavy atom. The maximum atomic E-state index is 12.6. The van der Waals surface area contributed by atoms with Crippen LogP contribution in [0.3, 0.4) is 0 Å². The summed E-state index contributed by atoms with van der Waals surface area (Å²) in [6, 6.07) is 15.5. The maximum absolute atomic E-state index is 12.6. The van der Waals surface area contributed by atoms with Crippen LogP contribution in [0.4, 0.5) is 5.82 Å². The minimum Gasteiger partial charge on any atom is -0.436 e. The molecule has 1 aliphatic rings. The lowest BCUT2D eigenvalue weighted by Crippen LogP contribution is -2.24. The van der Waals surface area contributed by atoms with Gasteiger partial charge in [0.15, 0.2) is 5.58 Å². The lowest BCUT2D eigenvalue weighted by atomic mass is 10.1. The number of oxazole rings is 1. The SMILES string of the molecule is Nc1c2c(cc(=O)n1-c1ccc3nc(-c4ccccc4)oc3c1)C(=O)NC2=O. The van der Waals surface area contributed by atoms with E-state index in [2.05, 4.69) is 10.3 Å². The molecule has 2 aromatic carbocycles. The number of aromatic nitrogens is 2. The number of rotatable bonds is 2. The van der Waals surface area contributed by atoms with Crippen LogP contribution in [0.25, 0.3) is 28.2 Å². The number of amides is 2. The summed E-state index contributed by atoms with van der Waals surface area (Å²) in [4.78, 5) is 40.8. The number of carbonyl (C=O) groups excluding carboxylic acids is 2. The van der Waals surface area contributed by atoms with E-state index in [-0.39, 0.29) is 16.9 Å². The van der Waals surface area contributed by atoms with Gasteiger partial charge < -0.3 is 10.2 Å². The van der Waals surface area contributed by atoms with Crippen molar-refractivity contribution < 1.29 is 14.0 Å². The molecule has 0 spiro atoms. The van der Waals surface area contributed by atoms with Crippen molar-refractivity contribution in [3.05, 3.63) is 76.1 Å². The fraction of sp³-hybridized carbons (Fsp3) is 0. The number of nitrogens with one attached hydrogen (secondary N) is 1. The van der Waals surface area contributed by atoms with Crippen molar-refractivity contribution in [1.82, 2.24) is 14.9 Å². The van der Waals surface area contributed by atoms with Crippen LogP contribution in [0, 0.1) is 0 Å². The fourth-order valence-corrected chi connectivity index (χ4v) is 3.30. The Bertz CT molecular complexity index is 1350. The largest absolute Gasteiger partial charge is 0.436 e. The van der Waals surface area contributed by atoms with Crippen molar-refractivity contribution in [2.75, 3.05) is 5.73 Å². The van der Waals surface area contributed by atoms with E-state index in [1.165, 1.54) is 4.57 Å². The number of pyridine rings is 1. The monoisotopic (exact) mass is 372 g/mol. The van der Waals surface area contributed by atoms with Gasteiger partial charge in [-0.2, -0.15) is 0 Å². The summed E-state index contributed by atoms with van der Waals surface area (Å²) < 4.78 is 6.99. The minimum absolute atomic E-state index is 0.00718. The smallest absolute Gasteiger partial charge is 0.262 e. The first-order valence-electron chi connectivity index (χ1n) is 8.40. The number of hydrogen-bond acceptors (Lipinski definition) is 6. The molecular formula is C20H12N4O4. The molecule has 0 unspecified atom stereocenters. The fourth-order valence-electron chi connectivity index (χ4n) is 3.30. The molecule has 0 atom stereocenters. The molecule has 1 aliphatic heterocycles. The minimum atomic E-state index is -0.630. The van der Waals surface area contributed by atoms with Gasteiger partial charge in [0.25, 0.3) is 17.4 Å². The number of nitrogens with two attached hydrogens (primary N) is 1. The van der Waals surface area contributed by atoms with Gasteiger partial charge in [0.1, 0.15) is 11.3 Å². The topological polar surface area (TPSA) is 120 Å². The Labute approximate surface area is 157 Å². The van der Waals surface area contributed by atoms with Crippen LogP contribution in [0.1, 0.15) is 20.7 Å². The molecule has 2 amide bonds. The molecule has 0 bridgehead atoms. The lowest BCUT2D eigenvalue weighted by molar-refractivity contribution is 0.0880. The normalized spacial score (nSPS) is 13.0. The highest BCUT2D eigenvalue weighted by Crippen LogP contribution is 2.27. The summed E-state index contributed by atoms with van der Waals surface area (Å²) in [7, 11) is 0. The Morgan fingerprint density at radius 1 is 0.964 bits per heavy atom. The van der Waals surface area contributed by atoms with Crippen LogP contribution in [0.15, 0.2) is 63.8 Å². The van der Waals surface area contributed by atoms with Crippen LogP contribution in [-0.4, -0.2) is 21.4 Å². The first-order chi connectivity index (χ1) is 13.5. The summed E-state index contributed by atoms with van der Waals surface area (Å²) in [5.74, 6) is -0.910. The molecule has 4 aromatic rings. The predicted octanol–water partition coefficient (Wildman–Crippen LogP) is 2.11. The van der Waals surface area contributed by atoms with Gasteiger partial charge in [-0.3, -0.25) is 24.3 Å². The lowest BCUT2D eigenvalue weighted by Gasteiger charge is -2.11. The summed E-state index contributed by atoms with van der Waals surface area (Å²) in [6.07, 6.45) is 0. The van der Waals surface area contributed by atoms with Crippen molar-refractivity contribution >= 4 is 28.7 Å². The zero-order chi connectivity index (χ0) is 19.4. The molecule has 0 saturated carbocycles. The molecular weight excluding hydrogens is 360 g/mol. The summed E-state index contributed by atoms with van der Waals surface area (Å²) >= 11 is 0. The molecule has 136 valence electrons. The quantitative estimate of drug-likeness (QED) is 0.520. The second-order valence-corrected chi connectivity index (χ2v) is 6.31. The highest BCUT2D eigenvalue weighted by molar-refractivity contribution is 6.23. The molecule has 3 N–H and O–H groups in total. The number of nitrogen functional groups attached to an aromatic ring is 1. The van der Waals surface area contributed by atoms with E-state index >= 15 is 0 Å². The summed E-state index contributed by atoms with van der Waals surface area (Å²) in [5, 5.41) is 2.14. The molecule has 5 rings (SSSR count). The van der Waals surface area contributed by atoms with Gasteiger partial charge in [-0.25, -0.2) is 4.98 Å². The second-order valence-electron chi connectivity index (χ2n) is 6.31. The molecule has 0 saturated heterocycles. The van der Waals surface area contributed by atoms with E-state index in [0.29, 0.717) is 22.7 Å². The highest BCUT2D eigenvalue weighted by Gasteiger charge is 2.31. The number of imide groups is 1. The van der Waals surface area contributed by atoms with Crippen molar-refractivity contribution in [2.45, 2.75) is 0 Å². The standard InChI is InChI=1S/C20H12N4O4/c21-17-16-12(18(26)23-19(16)27)9-15(25)24(17)11-6-7-13-14(8-11)28-20(22-13)10-4-2-1-3-5-10/h1-9H,21H2,(H,23,26,27). The third kappa shape index (κ3) is 2.25. The average Bonchev–Trinajstić information content (AvgIpc) is 3.23. The first-order valence-corrected chi connectivity index (χ1v) is 8.40. The van der Waals surface area contributed by atoms with E-state index in [1.807, 2.05) is 30.3 Å². The van der Waals surface area contributed by atoms with Gasteiger partial charge in [0.05, 0.1) is 16.8 Å². The van der Waals surface area contributed by atoms with Crippen LogP contribution in [-0.2, 0) is 0 Å². The van der Waals surface area contributed by atoms with Crippen LogP contribution < -0.4 is 16.6 Å². The molecule has 8 nitrogen and oxygen atoms in total. The van der Waals surface area contributed by atoms with Gasteiger partial charge in [-0.05, 0) is 24.3 Å². The van der Waals surface area contributed by atoms with Crippen LogP contribution >= 0.6 is 0 Å². The molecule has 0 radical (unpaired) electrons. The molecule has 3 heterocycles. The molecule has 0 aliphatic carbocycles. The Hall–Kier alpha value is -4.20. The van der Waals surface area contributed by atoms with Gasteiger partial charge in [0.2, 0.25) is 5.89 Å². The van der Waals surface area contributed by atoms with E-state index in [4.69, 9.17) is 10.2 Å². The molecule has 28 heavy (non-hydrogen) atoms. The maximum Gasteiger partial charge on any atom is 0.262 e. The van der Waals surface area contributed by atoms with E-state index in [9.17, 15) is 14.4 Å². The first kappa shape index (κ1) is 16.0. The number of nitrogens with zero attached hydrogens (tertiary/aromatic N) is 2. The molecule has 0 fully saturated rings. The van der Waals surface area contributed by atoms with Gasteiger partial charge >= 0.3 is 0 Å². The zero-order valence-electron chi connectivity index (χ0n) is 14.3. The Balaban J connectivity index is 1.69. The number of anilines is 1. The van der Waals surface area contributed by atoms with Crippen molar-refractivity contribution in [3.8, 4) is 17.1 Å². The van der Waals surface area contributed by atoms with Gasteiger partial charge in [-0.15, -0.1) is 0 Å². The van der Waals surface area contributed by atoms with Crippen molar-refractivity contribution in [1.29, 1.82) is 0 Å². The van der Waals surface area contributed by atoms with Crippen molar-refractivity contribution in [3.63, 3.8) is 0 Å². The van der Waals surface area contributed by atoms with Gasteiger partial charge in [-0.1, -0.05) is 18.2 Å². The summed E-state index contributed by atoms with van der Waals surface area (Å²) in [5.41, 5.74) is 7.82. The Morgan fingerprint density at radius 2 is 1.75 bits per heavy atom. The second kappa shape index (κ2) is 5.65. The average molecular weight is 372 g/mol. The molecule has 8 heteroatoms. The summed E-state index contributed by atoms with van der Waals surface area (Å²) in [6.45, 7) is 0. The number of fused-ring (bicyclic) bond motifs is 2. The zero-order valence-corrected chi connectivity index (χ0v) is 14.3. The van der Waals surface area contributed by atoms with E-state index in [1.54, 1.807) is 18.2 Å². The number of benzene rings is 2. The highest BCUT2D eigenvalue weighted by atomic mass is 16.3. The van der Waals surface area contributed by atoms with Crippen LogP contribution in [0.5, 0.6) is 0 Å². The van der Waals surface area contributed by atoms with Gasteiger partial charge in [0, 0.05) is 17.7 Å².